The van der Waals surface area contributed by atoms with Crippen molar-refractivity contribution in [1.82, 2.24) is 5.01 Å². The van der Waals surface area contributed by atoms with Gasteiger partial charge in [0, 0.05) is 20.4 Å². The summed E-state index contributed by atoms with van der Waals surface area (Å²) < 4.78 is 0. The average Bonchev–Trinajstić information content (AvgIpc) is 2.37. The lowest BCUT2D eigenvalue weighted by atomic mass is 10.2. The highest BCUT2D eigenvalue weighted by molar-refractivity contribution is 7.80. The molecular weight excluding hydrogens is 241 g/mol. The zero-order valence-electron chi connectivity index (χ0n) is 11.6. The molecule has 1 saturated heterocycles. The quantitative estimate of drug-likeness (QED) is 0.604. The van der Waals surface area contributed by atoms with E-state index in [1.807, 2.05) is 0 Å². The molecule has 1 aromatic carbocycles. The molecular formula is C14H23N3P+. The van der Waals surface area contributed by atoms with Crippen LogP contribution in [0.3, 0.4) is 0 Å². The Morgan fingerprint density at radius 2 is 1.56 bits per heavy atom. The van der Waals surface area contributed by atoms with Gasteiger partial charge in [0.05, 0.1) is 31.0 Å². The first-order valence-corrected chi connectivity index (χ1v) is 9.77. The van der Waals surface area contributed by atoms with E-state index >= 15 is 0 Å². The van der Waals surface area contributed by atoms with E-state index < -0.39 is 7.26 Å². The van der Waals surface area contributed by atoms with Crippen LogP contribution < -0.4 is 5.30 Å². The standard InChI is InChI=1S/C14H23N3P/c1-18(2,3)14-9-7-13(8-10-14)15-16-17-11-5-4-6-12-17/h7-10H,4-6,11-12H2,1-3H3/q+1. The fourth-order valence-corrected chi connectivity index (χ4v) is 3.09. The van der Waals surface area contributed by atoms with Crippen LogP contribution in [0.2, 0.25) is 0 Å². The van der Waals surface area contributed by atoms with Crippen LogP contribution in [0.1, 0.15) is 19.3 Å². The van der Waals surface area contributed by atoms with Crippen molar-refractivity contribution in [2.24, 2.45) is 10.3 Å². The summed E-state index contributed by atoms with van der Waals surface area (Å²) in [5.41, 5.74) is 0.956. The minimum Gasteiger partial charge on any atom is -0.278 e. The Hall–Kier alpha value is -0.950. The van der Waals surface area contributed by atoms with Crippen LogP contribution in [0.4, 0.5) is 5.69 Å². The SMILES string of the molecule is C[P+](C)(C)c1ccc(N=NN2CCCCC2)cc1. The van der Waals surface area contributed by atoms with E-state index in [9.17, 15) is 0 Å². The van der Waals surface area contributed by atoms with Crippen LogP contribution in [-0.4, -0.2) is 38.1 Å². The number of rotatable bonds is 3. The maximum atomic E-state index is 4.32. The number of nitrogens with zero attached hydrogens (tertiary/aromatic N) is 3. The molecule has 0 aromatic heterocycles. The molecule has 1 aliphatic rings. The summed E-state index contributed by atoms with van der Waals surface area (Å²) in [4.78, 5) is 0. The molecule has 2 rings (SSSR count). The van der Waals surface area contributed by atoms with Gasteiger partial charge in [-0.05, 0) is 43.5 Å². The van der Waals surface area contributed by atoms with E-state index in [0.717, 1.165) is 18.8 Å². The first-order chi connectivity index (χ1) is 8.55. The van der Waals surface area contributed by atoms with Crippen LogP contribution in [0.5, 0.6) is 0 Å². The second kappa shape index (κ2) is 5.79. The highest BCUT2D eigenvalue weighted by Crippen LogP contribution is 2.45. The molecule has 1 heterocycles. The molecule has 0 unspecified atom stereocenters. The Morgan fingerprint density at radius 3 is 2.11 bits per heavy atom. The Kier molecular flexibility index (Phi) is 4.34. The van der Waals surface area contributed by atoms with E-state index in [1.54, 1.807) is 0 Å². The lowest BCUT2D eigenvalue weighted by molar-refractivity contribution is 0.224. The van der Waals surface area contributed by atoms with Crippen LogP contribution >= 0.6 is 7.26 Å². The summed E-state index contributed by atoms with van der Waals surface area (Å²) in [5.74, 6) is 0. The first kappa shape index (κ1) is 13.5. The second-order valence-electron chi connectivity index (χ2n) is 5.73. The molecule has 0 spiro atoms. The van der Waals surface area contributed by atoms with E-state index in [2.05, 4.69) is 59.6 Å². The summed E-state index contributed by atoms with van der Waals surface area (Å²) in [6.45, 7) is 9.09. The van der Waals surface area contributed by atoms with Gasteiger partial charge >= 0.3 is 0 Å². The van der Waals surface area contributed by atoms with Crippen molar-refractivity contribution in [3.05, 3.63) is 24.3 Å². The van der Waals surface area contributed by atoms with E-state index in [1.165, 1.54) is 24.6 Å². The first-order valence-electron chi connectivity index (χ1n) is 6.64. The zero-order chi connectivity index (χ0) is 13.0. The van der Waals surface area contributed by atoms with Crippen molar-refractivity contribution in [3.8, 4) is 0 Å². The minimum atomic E-state index is -0.916. The van der Waals surface area contributed by atoms with Crippen molar-refractivity contribution in [1.29, 1.82) is 0 Å². The highest BCUT2D eigenvalue weighted by atomic mass is 31.2. The minimum absolute atomic E-state index is 0.916. The van der Waals surface area contributed by atoms with Crippen molar-refractivity contribution in [2.45, 2.75) is 19.3 Å². The van der Waals surface area contributed by atoms with Gasteiger partial charge in [0.2, 0.25) is 0 Å². The predicted octanol–water partition coefficient (Wildman–Crippen LogP) is 3.70. The summed E-state index contributed by atoms with van der Waals surface area (Å²) in [7, 11) is -0.916. The van der Waals surface area contributed by atoms with Crippen LogP contribution in [-0.2, 0) is 0 Å². The Balaban J connectivity index is 1.99. The molecule has 4 heteroatoms. The van der Waals surface area contributed by atoms with Gasteiger partial charge in [0.15, 0.2) is 0 Å². The van der Waals surface area contributed by atoms with Crippen molar-refractivity contribution >= 4 is 18.3 Å². The molecule has 3 nitrogen and oxygen atoms in total. The summed E-state index contributed by atoms with van der Waals surface area (Å²) in [6, 6.07) is 8.54. The monoisotopic (exact) mass is 264 g/mol. The fraction of sp³-hybridized carbons (Fsp3) is 0.571. The molecule has 18 heavy (non-hydrogen) atoms. The largest absolute Gasteiger partial charge is 0.278 e. The third-order valence-corrected chi connectivity index (χ3v) is 5.09. The predicted molar refractivity (Wildman–Crippen MR) is 80.7 cm³/mol. The summed E-state index contributed by atoms with van der Waals surface area (Å²) in [6.07, 6.45) is 3.81. The maximum Gasteiger partial charge on any atom is 0.0932 e. The fourth-order valence-electron chi connectivity index (χ4n) is 2.05. The van der Waals surface area contributed by atoms with Gasteiger partial charge in [0.25, 0.3) is 0 Å². The number of hydrogen-bond acceptors (Lipinski definition) is 2. The van der Waals surface area contributed by atoms with Crippen LogP contribution in [0.25, 0.3) is 0 Å². The normalized spacial score (nSPS) is 17.4. The van der Waals surface area contributed by atoms with Gasteiger partial charge in [0.1, 0.15) is 0 Å². The summed E-state index contributed by atoms with van der Waals surface area (Å²) in [5, 5.41) is 12.2. The molecule has 0 bridgehead atoms. The van der Waals surface area contributed by atoms with Gasteiger partial charge in [-0.15, -0.1) is 5.11 Å². The Bertz CT molecular complexity index is 400. The Labute approximate surface area is 111 Å². The number of benzene rings is 1. The van der Waals surface area contributed by atoms with E-state index in [-0.39, 0.29) is 0 Å². The lowest BCUT2D eigenvalue weighted by Crippen LogP contribution is -2.23. The average molecular weight is 264 g/mol. The number of piperidine rings is 1. The molecule has 0 radical (unpaired) electrons. The van der Waals surface area contributed by atoms with Gasteiger partial charge in [-0.25, -0.2) is 0 Å². The molecule has 1 aliphatic heterocycles. The van der Waals surface area contributed by atoms with Crippen molar-refractivity contribution in [3.63, 3.8) is 0 Å². The summed E-state index contributed by atoms with van der Waals surface area (Å²) >= 11 is 0. The Morgan fingerprint density at radius 1 is 0.944 bits per heavy atom. The second-order valence-corrected chi connectivity index (χ2v) is 10.3. The van der Waals surface area contributed by atoms with Crippen LogP contribution in [0, 0.1) is 0 Å². The van der Waals surface area contributed by atoms with E-state index in [0.29, 0.717) is 0 Å². The van der Waals surface area contributed by atoms with Gasteiger partial charge in [-0.1, -0.05) is 5.22 Å². The van der Waals surface area contributed by atoms with Gasteiger partial charge in [-0.2, -0.15) is 0 Å². The third-order valence-electron chi connectivity index (χ3n) is 3.24. The number of hydrogen-bond donors (Lipinski definition) is 0. The molecule has 0 saturated carbocycles. The highest BCUT2D eigenvalue weighted by Gasteiger charge is 2.20. The maximum absolute atomic E-state index is 4.32. The molecule has 0 atom stereocenters. The van der Waals surface area contributed by atoms with Gasteiger partial charge < -0.3 is 0 Å². The van der Waals surface area contributed by atoms with E-state index in [4.69, 9.17) is 0 Å². The molecule has 0 amide bonds. The molecule has 0 N–H and O–H groups in total. The smallest absolute Gasteiger partial charge is 0.0932 e. The van der Waals surface area contributed by atoms with Crippen molar-refractivity contribution in [2.75, 3.05) is 33.1 Å². The molecule has 0 aliphatic carbocycles. The van der Waals surface area contributed by atoms with Crippen LogP contribution in [0.15, 0.2) is 34.6 Å². The molecule has 98 valence electrons. The van der Waals surface area contributed by atoms with Gasteiger partial charge in [-0.3, -0.25) is 5.01 Å². The van der Waals surface area contributed by atoms with Crippen molar-refractivity contribution < 1.29 is 0 Å². The topological polar surface area (TPSA) is 28.0 Å². The lowest BCUT2D eigenvalue weighted by Gasteiger charge is -2.21. The molecule has 1 fully saturated rings. The molecule has 1 aromatic rings. The zero-order valence-corrected chi connectivity index (χ0v) is 12.5. The third kappa shape index (κ3) is 3.78.